The normalized spacial score (nSPS) is 11.3. The van der Waals surface area contributed by atoms with Crippen molar-refractivity contribution in [1.82, 2.24) is 19.5 Å². The van der Waals surface area contributed by atoms with Gasteiger partial charge in [0.15, 0.2) is 5.65 Å². The van der Waals surface area contributed by atoms with Crippen molar-refractivity contribution in [3.63, 3.8) is 0 Å². The highest BCUT2D eigenvalue weighted by atomic mass is 35.5. The Bertz CT molecular complexity index is 1190. The summed E-state index contributed by atoms with van der Waals surface area (Å²) >= 11 is 6.43. The Hall–Kier alpha value is -2.76. The van der Waals surface area contributed by atoms with Gasteiger partial charge in [-0.25, -0.2) is 4.98 Å². The van der Waals surface area contributed by atoms with Gasteiger partial charge >= 0.3 is 0 Å². The van der Waals surface area contributed by atoms with Gasteiger partial charge in [-0.1, -0.05) is 59.5 Å². The first-order valence-corrected chi connectivity index (χ1v) is 11.0. The van der Waals surface area contributed by atoms with Gasteiger partial charge < -0.3 is 10.2 Å². The number of aromatic nitrogens is 3. The smallest absolute Gasteiger partial charge is 0.151 e. The van der Waals surface area contributed by atoms with Crippen molar-refractivity contribution >= 4 is 49.7 Å². The highest BCUT2D eigenvalue weighted by Crippen LogP contribution is 2.28. The zero-order valence-electron chi connectivity index (χ0n) is 18.3. The monoisotopic (exact) mass is 429 g/mol. The zero-order chi connectivity index (χ0) is 21.8. The molecule has 4 rings (SSSR count). The molecule has 0 radical (unpaired) electrons. The molecule has 0 spiro atoms. The van der Waals surface area contributed by atoms with Crippen LogP contribution < -0.4 is 16.2 Å². The van der Waals surface area contributed by atoms with Crippen LogP contribution in [0.1, 0.15) is 12.0 Å². The van der Waals surface area contributed by atoms with Crippen LogP contribution in [-0.4, -0.2) is 55.3 Å². The zero-order valence-corrected chi connectivity index (χ0v) is 19.0. The van der Waals surface area contributed by atoms with Crippen molar-refractivity contribution in [3.05, 3.63) is 71.4 Å². The van der Waals surface area contributed by atoms with Crippen molar-refractivity contribution < 1.29 is 0 Å². The second-order valence-electron chi connectivity index (χ2n) is 8.08. The van der Waals surface area contributed by atoms with Crippen LogP contribution in [0.4, 0.5) is 5.82 Å². The van der Waals surface area contributed by atoms with Gasteiger partial charge in [-0.05, 0) is 37.1 Å². The molecule has 156 valence electrons. The average Bonchev–Trinajstić information content (AvgIpc) is 3.12. The maximum absolute atomic E-state index is 6.43. The van der Waals surface area contributed by atoms with Crippen molar-refractivity contribution in [2.75, 3.05) is 25.5 Å². The number of benzene rings is 2. The second kappa shape index (κ2) is 9.58. The van der Waals surface area contributed by atoms with E-state index >= 15 is 0 Å². The SMILES string of the molecule is Bc1cccc(CN(C)CCCNc2cc(-c3ccccc3Cl)nc3c(B)cnn23)c1. The topological polar surface area (TPSA) is 45.5 Å². The molecule has 1 N–H and O–H groups in total. The molecule has 0 atom stereocenters. The Morgan fingerprint density at radius 3 is 2.74 bits per heavy atom. The lowest BCUT2D eigenvalue weighted by Gasteiger charge is -2.18. The van der Waals surface area contributed by atoms with Crippen molar-refractivity contribution in [1.29, 1.82) is 0 Å². The van der Waals surface area contributed by atoms with E-state index in [0.717, 1.165) is 54.2 Å². The predicted molar refractivity (Wildman–Crippen MR) is 136 cm³/mol. The van der Waals surface area contributed by atoms with Gasteiger partial charge in [0.2, 0.25) is 0 Å². The summed E-state index contributed by atoms with van der Waals surface area (Å²) in [7, 11) is 6.33. The lowest BCUT2D eigenvalue weighted by molar-refractivity contribution is 0.325. The number of halogens is 1. The molecule has 2 heterocycles. The van der Waals surface area contributed by atoms with Gasteiger partial charge in [0, 0.05) is 35.9 Å². The van der Waals surface area contributed by atoms with Crippen LogP contribution in [0.2, 0.25) is 5.02 Å². The third-order valence-electron chi connectivity index (χ3n) is 5.36. The molecule has 0 amide bonds. The molecule has 0 bridgehead atoms. The summed E-state index contributed by atoms with van der Waals surface area (Å²) in [5.74, 6) is 0.925. The third kappa shape index (κ3) is 5.12. The fourth-order valence-corrected chi connectivity index (χ4v) is 4.00. The number of hydrogen-bond acceptors (Lipinski definition) is 4. The Morgan fingerprint density at radius 1 is 1.10 bits per heavy atom. The summed E-state index contributed by atoms with van der Waals surface area (Å²) in [6, 6.07) is 18.5. The number of anilines is 1. The molecule has 0 saturated heterocycles. The molecular weight excluding hydrogens is 403 g/mol. The lowest BCUT2D eigenvalue weighted by atomic mass is 9.94. The maximum Gasteiger partial charge on any atom is 0.151 e. The van der Waals surface area contributed by atoms with Crippen LogP contribution in [0.15, 0.2) is 60.8 Å². The summed E-state index contributed by atoms with van der Waals surface area (Å²) < 4.78 is 1.87. The summed E-state index contributed by atoms with van der Waals surface area (Å²) in [5.41, 5.74) is 6.31. The summed E-state index contributed by atoms with van der Waals surface area (Å²) in [5, 5.41) is 8.75. The lowest BCUT2D eigenvalue weighted by Crippen LogP contribution is -2.22. The molecule has 2 aromatic heterocycles. The molecule has 0 aliphatic rings. The highest BCUT2D eigenvalue weighted by molar-refractivity contribution is 6.36. The standard InChI is InChI=1S/C23H26B2ClN5/c1-30(15-16-6-4-7-17(24)12-16)11-5-10-27-22-13-21(18-8-2-3-9-20(18)26)29-23-19(25)14-28-31(22)23/h2-4,6-9,12-14,27H,5,10-11,15,24-25H2,1H3. The molecule has 4 aromatic rings. The minimum Gasteiger partial charge on any atom is -0.370 e. The van der Waals surface area contributed by atoms with Gasteiger partial charge in [-0.3, -0.25) is 0 Å². The molecule has 2 aromatic carbocycles. The fourth-order valence-electron chi connectivity index (χ4n) is 3.77. The maximum atomic E-state index is 6.43. The molecule has 8 heteroatoms. The Morgan fingerprint density at radius 2 is 1.94 bits per heavy atom. The molecule has 0 aliphatic carbocycles. The van der Waals surface area contributed by atoms with Crippen LogP contribution in [0, 0.1) is 0 Å². The molecule has 0 aliphatic heterocycles. The highest BCUT2D eigenvalue weighted by Gasteiger charge is 2.12. The van der Waals surface area contributed by atoms with Gasteiger partial charge in [0.1, 0.15) is 21.5 Å². The first-order valence-electron chi connectivity index (χ1n) is 10.6. The second-order valence-corrected chi connectivity index (χ2v) is 8.48. The Labute approximate surface area is 190 Å². The van der Waals surface area contributed by atoms with E-state index in [2.05, 4.69) is 54.5 Å². The minimum absolute atomic E-state index is 0.695. The number of nitrogens with one attached hydrogen (secondary N) is 1. The van der Waals surface area contributed by atoms with E-state index in [9.17, 15) is 0 Å². The van der Waals surface area contributed by atoms with Crippen LogP contribution in [0.25, 0.3) is 16.9 Å². The van der Waals surface area contributed by atoms with Crippen LogP contribution in [0.3, 0.4) is 0 Å². The van der Waals surface area contributed by atoms with E-state index in [1.54, 1.807) is 0 Å². The van der Waals surface area contributed by atoms with Crippen molar-refractivity contribution in [3.8, 4) is 11.3 Å². The van der Waals surface area contributed by atoms with Crippen LogP contribution in [0.5, 0.6) is 0 Å². The van der Waals surface area contributed by atoms with Gasteiger partial charge in [0.25, 0.3) is 0 Å². The first-order chi connectivity index (χ1) is 15.0. The quantitative estimate of drug-likeness (QED) is 0.341. The Balaban J connectivity index is 1.44. The predicted octanol–water partition coefficient (Wildman–Crippen LogP) is 1.50. The molecule has 31 heavy (non-hydrogen) atoms. The van der Waals surface area contributed by atoms with Crippen molar-refractivity contribution in [2.45, 2.75) is 13.0 Å². The summed E-state index contributed by atoms with van der Waals surface area (Å²) in [6.07, 6.45) is 2.87. The van der Waals surface area contributed by atoms with E-state index in [1.807, 2.05) is 48.9 Å². The number of fused-ring (bicyclic) bond motifs is 1. The van der Waals surface area contributed by atoms with E-state index in [1.165, 1.54) is 11.0 Å². The number of hydrogen-bond donors (Lipinski definition) is 1. The molecule has 0 saturated carbocycles. The molecule has 0 fully saturated rings. The van der Waals surface area contributed by atoms with Crippen LogP contribution >= 0.6 is 11.6 Å². The minimum atomic E-state index is 0.695. The van der Waals surface area contributed by atoms with Gasteiger partial charge in [-0.2, -0.15) is 9.61 Å². The van der Waals surface area contributed by atoms with Crippen molar-refractivity contribution in [2.24, 2.45) is 0 Å². The fraction of sp³-hybridized carbons (Fsp3) is 0.217. The number of rotatable bonds is 8. The van der Waals surface area contributed by atoms with E-state index < -0.39 is 0 Å². The average molecular weight is 430 g/mol. The van der Waals surface area contributed by atoms with Gasteiger partial charge in [0.05, 0.1) is 5.69 Å². The molecule has 5 nitrogen and oxygen atoms in total. The Kier molecular flexibility index (Phi) is 6.64. The summed E-state index contributed by atoms with van der Waals surface area (Å²) in [4.78, 5) is 7.16. The van der Waals surface area contributed by atoms with Crippen LogP contribution in [-0.2, 0) is 6.54 Å². The van der Waals surface area contributed by atoms with Gasteiger partial charge in [-0.15, -0.1) is 0 Å². The van der Waals surface area contributed by atoms with E-state index in [-0.39, 0.29) is 0 Å². The molecular formula is C23H26B2ClN5. The number of nitrogens with zero attached hydrogens (tertiary/aromatic N) is 4. The van der Waals surface area contributed by atoms with E-state index in [0.29, 0.717) is 5.02 Å². The molecule has 0 unspecified atom stereocenters. The largest absolute Gasteiger partial charge is 0.370 e. The van der Waals surface area contributed by atoms with E-state index in [4.69, 9.17) is 16.6 Å². The third-order valence-corrected chi connectivity index (χ3v) is 5.69. The first kappa shape index (κ1) is 21.5. The summed E-state index contributed by atoms with van der Waals surface area (Å²) in [6.45, 7) is 2.80.